The van der Waals surface area contributed by atoms with Gasteiger partial charge in [0, 0.05) is 10.9 Å². The first-order valence-electron chi connectivity index (χ1n) is 8.40. The molecular formula is C20H16N2O3S2. The lowest BCUT2D eigenvalue weighted by molar-refractivity contribution is 0.102. The van der Waals surface area contributed by atoms with Crippen LogP contribution in [0.3, 0.4) is 0 Å². The molecule has 136 valence electrons. The molecule has 0 bridgehead atoms. The largest absolute Gasteiger partial charge is 0.298 e. The van der Waals surface area contributed by atoms with Gasteiger partial charge in [-0.15, -0.1) is 0 Å². The van der Waals surface area contributed by atoms with Crippen LogP contribution in [0.4, 0.5) is 5.13 Å². The molecule has 0 saturated carbocycles. The van der Waals surface area contributed by atoms with Crippen LogP contribution in [0.25, 0.3) is 21.0 Å². The Morgan fingerprint density at radius 3 is 2.70 bits per heavy atom. The van der Waals surface area contributed by atoms with Gasteiger partial charge in [0.15, 0.2) is 15.0 Å². The molecule has 0 aliphatic carbocycles. The SMILES string of the molecule is CCS(=O)(=O)c1cccc(C(=O)Nc2nc3c(ccc4ccccc43)s2)c1. The maximum absolute atomic E-state index is 12.6. The summed E-state index contributed by atoms with van der Waals surface area (Å²) in [4.78, 5) is 17.3. The Morgan fingerprint density at radius 2 is 1.89 bits per heavy atom. The molecule has 0 radical (unpaired) electrons. The average Bonchev–Trinajstić information content (AvgIpc) is 3.11. The summed E-state index contributed by atoms with van der Waals surface area (Å²) >= 11 is 1.39. The molecule has 5 nitrogen and oxygen atoms in total. The van der Waals surface area contributed by atoms with Gasteiger partial charge in [-0.3, -0.25) is 10.1 Å². The third-order valence-electron chi connectivity index (χ3n) is 4.34. The highest BCUT2D eigenvalue weighted by Gasteiger charge is 2.16. The van der Waals surface area contributed by atoms with Gasteiger partial charge in [-0.05, 0) is 29.7 Å². The maximum atomic E-state index is 12.6. The van der Waals surface area contributed by atoms with Crippen molar-refractivity contribution in [2.24, 2.45) is 0 Å². The second kappa shape index (κ2) is 6.75. The minimum absolute atomic E-state index is 0.0109. The van der Waals surface area contributed by atoms with Crippen LogP contribution >= 0.6 is 11.3 Å². The molecule has 0 unspecified atom stereocenters. The van der Waals surface area contributed by atoms with E-state index in [1.807, 2.05) is 36.4 Å². The number of nitrogens with zero attached hydrogens (tertiary/aromatic N) is 1. The van der Waals surface area contributed by atoms with Crippen LogP contribution in [0, 0.1) is 0 Å². The van der Waals surface area contributed by atoms with Crippen LogP contribution < -0.4 is 5.32 Å². The lowest BCUT2D eigenvalue weighted by Crippen LogP contribution is -2.13. The molecule has 4 rings (SSSR count). The number of anilines is 1. The number of amides is 1. The first kappa shape index (κ1) is 17.6. The Hall–Kier alpha value is -2.77. The van der Waals surface area contributed by atoms with Gasteiger partial charge in [0.25, 0.3) is 5.91 Å². The van der Waals surface area contributed by atoms with Crippen molar-refractivity contribution >= 4 is 53.2 Å². The molecule has 7 heteroatoms. The Kier molecular flexibility index (Phi) is 4.41. The molecular weight excluding hydrogens is 380 g/mol. The predicted molar refractivity (Wildman–Crippen MR) is 109 cm³/mol. The fourth-order valence-corrected chi connectivity index (χ4v) is 4.68. The predicted octanol–water partition coefficient (Wildman–Crippen LogP) is 4.50. The van der Waals surface area contributed by atoms with Gasteiger partial charge in [0.1, 0.15) is 0 Å². The molecule has 0 atom stereocenters. The highest BCUT2D eigenvalue weighted by molar-refractivity contribution is 7.91. The molecule has 0 aliphatic rings. The summed E-state index contributed by atoms with van der Waals surface area (Å²) in [5, 5.41) is 5.38. The number of rotatable bonds is 4. The first-order valence-corrected chi connectivity index (χ1v) is 10.9. The summed E-state index contributed by atoms with van der Waals surface area (Å²) in [6.45, 7) is 1.58. The fraction of sp³-hybridized carbons (Fsp3) is 0.100. The lowest BCUT2D eigenvalue weighted by atomic mass is 10.1. The summed E-state index contributed by atoms with van der Waals surface area (Å²) in [7, 11) is -3.36. The van der Waals surface area contributed by atoms with E-state index in [0.29, 0.717) is 5.13 Å². The van der Waals surface area contributed by atoms with E-state index in [-0.39, 0.29) is 22.1 Å². The minimum atomic E-state index is -3.36. The number of benzene rings is 3. The summed E-state index contributed by atoms with van der Waals surface area (Å²) < 4.78 is 25.0. The third-order valence-corrected chi connectivity index (χ3v) is 7.01. The Balaban J connectivity index is 1.67. The summed E-state index contributed by atoms with van der Waals surface area (Å²) in [6.07, 6.45) is 0. The Bertz CT molecular complexity index is 1280. The van der Waals surface area contributed by atoms with Crippen LogP contribution in [0.2, 0.25) is 0 Å². The van der Waals surface area contributed by atoms with Gasteiger partial charge >= 0.3 is 0 Å². The van der Waals surface area contributed by atoms with Crippen molar-refractivity contribution in [1.29, 1.82) is 0 Å². The zero-order chi connectivity index (χ0) is 19.0. The monoisotopic (exact) mass is 396 g/mol. The van der Waals surface area contributed by atoms with Gasteiger partial charge in [0.05, 0.1) is 20.9 Å². The van der Waals surface area contributed by atoms with Crippen molar-refractivity contribution in [3.63, 3.8) is 0 Å². The van der Waals surface area contributed by atoms with E-state index < -0.39 is 9.84 Å². The molecule has 3 aromatic carbocycles. The van der Waals surface area contributed by atoms with Crippen molar-refractivity contribution in [2.75, 3.05) is 11.1 Å². The molecule has 27 heavy (non-hydrogen) atoms. The number of thiazole rings is 1. The van der Waals surface area contributed by atoms with Crippen molar-refractivity contribution in [3.8, 4) is 0 Å². The van der Waals surface area contributed by atoms with E-state index in [0.717, 1.165) is 21.0 Å². The summed E-state index contributed by atoms with van der Waals surface area (Å²) in [5.41, 5.74) is 1.13. The zero-order valence-electron chi connectivity index (χ0n) is 14.5. The number of hydrogen-bond acceptors (Lipinski definition) is 5. The lowest BCUT2D eigenvalue weighted by Gasteiger charge is -2.05. The summed E-state index contributed by atoms with van der Waals surface area (Å²) in [5.74, 6) is -0.394. The molecule has 1 amide bonds. The van der Waals surface area contributed by atoms with Gasteiger partial charge in [-0.2, -0.15) is 0 Å². The number of carbonyl (C=O) groups is 1. The fourth-order valence-electron chi connectivity index (χ4n) is 2.88. The van der Waals surface area contributed by atoms with E-state index >= 15 is 0 Å². The topological polar surface area (TPSA) is 76.1 Å². The molecule has 1 aromatic heterocycles. The number of sulfone groups is 1. The van der Waals surface area contributed by atoms with Crippen molar-refractivity contribution in [3.05, 3.63) is 66.2 Å². The van der Waals surface area contributed by atoms with Crippen molar-refractivity contribution in [2.45, 2.75) is 11.8 Å². The van der Waals surface area contributed by atoms with E-state index in [4.69, 9.17) is 0 Å². The Morgan fingerprint density at radius 1 is 1.07 bits per heavy atom. The van der Waals surface area contributed by atoms with Gasteiger partial charge < -0.3 is 0 Å². The Labute approximate surface area is 160 Å². The molecule has 0 aliphatic heterocycles. The maximum Gasteiger partial charge on any atom is 0.257 e. The smallest absolute Gasteiger partial charge is 0.257 e. The van der Waals surface area contributed by atoms with E-state index in [1.165, 1.54) is 23.5 Å². The number of fused-ring (bicyclic) bond motifs is 3. The highest BCUT2D eigenvalue weighted by Crippen LogP contribution is 2.31. The first-order chi connectivity index (χ1) is 13.0. The molecule has 4 aromatic rings. The van der Waals surface area contributed by atoms with Gasteiger partial charge in [-0.1, -0.05) is 54.7 Å². The highest BCUT2D eigenvalue weighted by atomic mass is 32.2. The van der Waals surface area contributed by atoms with Crippen molar-refractivity contribution < 1.29 is 13.2 Å². The van der Waals surface area contributed by atoms with Crippen molar-refractivity contribution in [1.82, 2.24) is 4.98 Å². The molecule has 1 heterocycles. The van der Waals surface area contributed by atoms with Crippen LogP contribution in [0.1, 0.15) is 17.3 Å². The van der Waals surface area contributed by atoms with Crippen LogP contribution in [-0.2, 0) is 9.84 Å². The van der Waals surface area contributed by atoms with E-state index in [1.54, 1.807) is 19.1 Å². The van der Waals surface area contributed by atoms with E-state index in [2.05, 4.69) is 10.3 Å². The second-order valence-electron chi connectivity index (χ2n) is 6.04. The second-order valence-corrected chi connectivity index (χ2v) is 9.35. The average molecular weight is 396 g/mol. The van der Waals surface area contributed by atoms with E-state index in [9.17, 15) is 13.2 Å². The van der Waals surface area contributed by atoms with Crippen LogP contribution in [-0.4, -0.2) is 25.1 Å². The zero-order valence-corrected chi connectivity index (χ0v) is 16.1. The molecule has 0 saturated heterocycles. The molecule has 0 spiro atoms. The molecule has 0 fully saturated rings. The quantitative estimate of drug-likeness (QED) is 0.551. The van der Waals surface area contributed by atoms with Crippen LogP contribution in [0.15, 0.2) is 65.6 Å². The summed E-state index contributed by atoms with van der Waals surface area (Å²) in [6, 6.07) is 18.0. The van der Waals surface area contributed by atoms with Gasteiger partial charge in [-0.25, -0.2) is 13.4 Å². The normalized spacial score (nSPS) is 11.7. The number of hydrogen-bond donors (Lipinski definition) is 1. The number of nitrogens with one attached hydrogen (secondary N) is 1. The van der Waals surface area contributed by atoms with Crippen LogP contribution in [0.5, 0.6) is 0 Å². The standard InChI is InChI=1S/C20H16N2O3S2/c1-2-27(24,25)15-8-5-7-14(12-15)19(23)22-20-21-18-16-9-4-3-6-13(16)10-11-17(18)26-20/h3-12H,2H2,1H3,(H,21,22,23). The third kappa shape index (κ3) is 3.31. The number of carbonyl (C=O) groups excluding carboxylic acids is 1. The molecule has 1 N–H and O–H groups in total. The minimum Gasteiger partial charge on any atom is -0.298 e. The van der Waals surface area contributed by atoms with Gasteiger partial charge in [0.2, 0.25) is 0 Å². The number of aromatic nitrogens is 1.